The summed E-state index contributed by atoms with van der Waals surface area (Å²) < 4.78 is 13.5. The molecule has 1 aromatic carbocycles. The molecule has 0 radical (unpaired) electrons. The van der Waals surface area contributed by atoms with Gasteiger partial charge in [-0.15, -0.1) is 0 Å². The number of rotatable bonds is 6. The Morgan fingerprint density at radius 2 is 2.00 bits per heavy atom. The van der Waals surface area contributed by atoms with Gasteiger partial charge in [0, 0.05) is 19.2 Å². The Kier molecular flexibility index (Phi) is 5.66. The van der Waals surface area contributed by atoms with Gasteiger partial charge in [0.1, 0.15) is 16.9 Å². The largest absolute Gasteiger partial charge is 0.490 e. The Morgan fingerprint density at radius 3 is 2.65 bits per heavy atom. The average molecular weight is 352 g/mol. The second-order valence-corrected chi connectivity index (χ2v) is 7.38. The maximum Gasteiger partial charge on any atom is 0.176 e. The summed E-state index contributed by atoms with van der Waals surface area (Å²) in [5.41, 5.74) is 2.25. The molecule has 3 rings (SSSR count). The lowest BCUT2D eigenvalue weighted by Crippen LogP contribution is -2.34. The second-order valence-electron chi connectivity index (χ2n) is 5.23. The predicted octanol–water partition coefficient (Wildman–Crippen LogP) is 4.11. The Balaban J connectivity index is 1.52. The van der Waals surface area contributed by atoms with Gasteiger partial charge >= 0.3 is 0 Å². The van der Waals surface area contributed by atoms with Gasteiger partial charge in [-0.3, -0.25) is 10.7 Å². The summed E-state index contributed by atoms with van der Waals surface area (Å²) in [4.78, 5) is 0.983. The monoisotopic (exact) mass is 352 g/mol. The van der Waals surface area contributed by atoms with E-state index in [1.165, 1.54) is 11.3 Å². The van der Waals surface area contributed by atoms with Gasteiger partial charge in [-0.25, -0.2) is 4.31 Å². The van der Waals surface area contributed by atoms with Gasteiger partial charge in [-0.05, 0) is 36.9 Å². The van der Waals surface area contributed by atoms with Crippen LogP contribution in [-0.4, -0.2) is 35.8 Å². The molecule has 124 valence electrons. The summed E-state index contributed by atoms with van der Waals surface area (Å²) in [6.07, 6.45) is 2.25. The minimum Gasteiger partial charge on any atom is -0.490 e. The molecule has 2 heterocycles. The molecule has 0 bridgehead atoms. The van der Waals surface area contributed by atoms with Crippen LogP contribution < -0.4 is 15.0 Å². The predicted molar refractivity (Wildman–Crippen MR) is 93.8 cm³/mol. The summed E-state index contributed by atoms with van der Waals surface area (Å²) in [7, 11) is 1.63. The van der Waals surface area contributed by atoms with Gasteiger partial charge in [0.25, 0.3) is 0 Å². The molecule has 0 aliphatic carbocycles. The molecular formula is C16H20N2O3S2. The topological polar surface area (TPSA) is 54.0 Å². The van der Waals surface area contributed by atoms with Crippen molar-refractivity contribution in [1.29, 1.82) is 0 Å². The fourth-order valence-electron chi connectivity index (χ4n) is 2.47. The first-order chi connectivity index (χ1) is 11.3. The number of thiophene rings is 1. The SMILES string of the molecule is COc1cc(SN2CCC(Oc3ccccc3)CC2)c(NO)s1. The average Bonchev–Trinajstić information content (AvgIpc) is 3.00. The number of benzene rings is 1. The van der Waals surface area contributed by atoms with Gasteiger partial charge in [0.2, 0.25) is 0 Å². The third-order valence-electron chi connectivity index (χ3n) is 3.65. The van der Waals surface area contributed by atoms with Crippen LogP contribution in [0, 0.1) is 0 Å². The van der Waals surface area contributed by atoms with Gasteiger partial charge in [0.15, 0.2) is 5.06 Å². The number of hydrogen-bond donors (Lipinski definition) is 2. The summed E-state index contributed by atoms with van der Waals surface area (Å²) in [5, 5.41) is 10.7. The Morgan fingerprint density at radius 1 is 1.26 bits per heavy atom. The highest BCUT2D eigenvalue weighted by atomic mass is 32.2. The van der Waals surface area contributed by atoms with Crippen LogP contribution in [0.3, 0.4) is 0 Å². The normalized spacial score (nSPS) is 16.3. The molecule has 0 saturated carbocycles. The van der Waals surface area contributed by atoms with Crippen molar-refractivity contribution >= 4 is 28.3 Å². The van der Waals surface area contributed by atoms with E-state index >= 15 is 0 Å². The van der Waals surface area contributed by atoms with Crippen LogP contribution in [0.25, 0.3) is 0 Å². The molecule has 0 unspecified atom stereocenters. The molecule has 1 fully saturated rings. The highest BCUT2D eigenvalue weighted by Crippen LogP contribution is 2.41. The highest BCUT2D eigenvalue weighted by molar-refractivity contribution is 7.97. The summed E-state index contributed by atoms with van der Waals surface area (Å²) >= 11 is 3.04. The van der Waals surface area contributed by atoms with Crippen molar-refractivity contribution in [1.82, 2.24) is 4.31 Å². The molecule has 2 N–H and O–H groups in total. The van der Waals surface area contributed by atoms with E-state index in [4.69, 9.17) is 9.47 Å². The lowest BCUT2D eigenvalue weighted by atomic mass is 10.1. The van der Waals surface area contributed by atoms with Gasteiger partial charge in [-0.2, -0.15) is 0 Å². The van der Waals surface area contributed by atoms with Gasteiger partial charge in [0.05, 0.1) is 12.0 Å². The molecule has 5 nitrogen and oxygen atoms in total. The molecule has 2 aromatic rings. The van der Waals surface area contributed by atoms with E-state index < -0.39 is 0 Å². The zero-order valence-corrected chi connectivity index (χ0v) is 14.5. The number of nitrogens with one attached hydrogen (secondary N) is 1. The fourth-order valence-corrected chi connectivity index (χ4v) is 4.41. The maximum atomic E-state index is 9.22. The molecule has 1 aliphatic heterocycles. The minimum absolute atomic E-state index is 0.265. The number of nitrogens with zero attached hydrogens (tertiary/aromatic N) is 1. The van der Waals surface area contributed by atoms with Crippen LogP contribution >= 0.6 is 23.3 Å². The van der Waals surface area contributed by atoms with Gasteiger partial charge in [-0.1, -0.05) is 29.5 Å². The number of piperidine rings is 1. The molecule has 1 aromatic heterocycles. The van der Waals surface area contributed by atoms with Crippen molar-refractivity contribution in [2.45, 2.75) is 23.8 Å². The van der Waals surface area contributed by atoms with E-state index in [2.05, 4.69) is 9.79 Å². The molecule has 0 spiro atoms. The quantitative estimate of drug-likeness (QED) is 0.603. The van der Waals surface area contributed by atoms with Crippen LogP contribution in [0.1, 0.15) is 12.8 Å². The Labute approximate surface area is 144 Å². The summed E-state index contributed by atoms with van der Waals surface area (Å²) in [5.74, 6) is 0.938. The Bertz CT molecular complexity index is 613. The van der Waals surface area contributed by atoms with E-state index in [1.54, 1.807) is 19.1 Å². The van der Waals surface area contributed by atoms with Crippen molar-refractivity contribution in [3.63, 3.8) is 0 Å². The third kappa shape index (κ3) is 4.32. The first-order valence-corrected chi connectivity index (χ1v) is 9.10. The number of para-hydroxylation sites is 1. The molecule has 7 heteroatoms. The molecular weight excluding hydrogens is 332 g/mol. The van der Waals surface area contributed by atoms with Crippen LogP contribution in [-0.2, 0) is 0 Å². The lowest BCUT2D eigenvalue weighted by Gasteiger charge is -2.31. The van der Waals surface area contributed by atoms with E-state index in [0.29, 0.717) is 0 Å². The standard InChI is InChI=1S/C16H20N2O3S2/c1-20-15-11-14(16(17-19)22-15)23-18-9-7-13(8-10-18)21-12-5-3-2-4-6-12/h2-6,11,13,17,19H,7-10H2,1H3. The van der Waals surface area contributed by atoms with E-state index in [-0.39, 0.29) is 6.10 Å². The molecule has 0 amide bonds. The van der Waals surface area contributed by atoms with E-state index in [1.807, 2.05) is 36.4 Å². The molecule has 0 atom stereocenters. The van der Waals surface area contributed by atoms with Crippen molar-refractivity contribution in [2.24, 2.45) is 0 Å². The lowest BCUT2D eigenvalue weighted by molar-refractivity contribution is 0.139. The third-order valence-corrected chi connectivity index (χ3v) is 5.92. The zero-order valence-electron chi connectivity index (χ0n) is 12.9. The van der Waals surface area contributed by atoms with Crippen LogP contribution in [0.15, 0.2) is 41.3 Å². The Hall–Kier alpha value is -1.41. The number of ether oxygens (including phenoxy) is 2. The first kappa shape index (κ1) is 16.4. The van der Waals surface area contributed by atoms with Crippen molar-refractivity contribution in [2.75, 3.05) is 25.7 Å². The summed E-state index contributed by atoms with van der Waals surface area (Å²) in [6, 6.07) is 11.9. The zero-order chi connectivity index (χ0) is 16.1. The highest BCUT2D eigenvalue weighted by Gasteiger charge is 2.23. The molecule has 1 aliphatic rings. The van der Waals surface area contributed by atoms with Crippen molar-refractivity contribution < 1.29 is 14.7 Å². The van der Waals surface area contributed by atoms with Crippen molar-refractivity contribution in [3.05, 3.63) is 36.4 Å². The second kappa shape index (κ2) is 7.92. The molecule has 23 heavy (non-hydrogen) atoms. The van der Waals surface area contributed by atoms with Crippen LogP contribution in [0.4, 0.5) is 5.00 Å². The van der Waals surface area contributed by atoms with Crippen molar-refractivity contribution in [3.8, 4) is 10.8 Å². The number of hydrogen-bond acceptors (Lipinski definition) is 7. The van der Waals surface area contributed by atoms with Crippen LogP contribution in [0.2, 0.25) is 0 Å². The number of methoxy groups -OCH3 is 1. The summed E-state index contributed by atoms with van der Waals surface area (Å²) in [6.45, 7) is 1.90. The minimum atomic E-state index is 0.265. The van der Waals surface area contributed by atoms with Crippen LogP contribution in [0.5, 0.6) is 10.8 Å². The van der Waals surface area contributed by atoms with Gasteiger partial charge < -0.3 is 9.47 Å². The molecule has 1 saturated heterocycles. The maximum absolute atomic E-state index is 9.22. The van der Waals surface area contributed by atoms with E-state index in [0.717, 1.165) is 46.6 Å². The van der Waals surface area contributed by atoms with E-state index in [9.17, 15) is 5.21 Å². The fraction of sp³-hybridized carbons (Fsp3) is 0.375. The smallest absolute Gasteiger partial charge is 0.176 e. The first-order valence-electron chi connectivity index (χ1n) is 7.51. The number of anilines is 1.